The van der Waals surface area contributed by atoms with Crippen molar-refractivity contribution in [3.8, 4) is 0 Å². The summed E-state index contributed by atoms with van der Waals surface area (Å²) in [5, 5.41) is 2.24. The largest absolute Gasteiger partial charge is 0.462 e. The zero-order chi connectivity index (χ0) is 8.67. The smallest absolute Gasteiger partial charge is 0.160 e. The third-order valence-corrected chi connectivity index (χ3v) is 2.19. The van der Waals surface area contributed by atoms with Gasteiger partial charge in [0.05, 0.1) is 6.26 Å². The van der Waals surface area contributed by atoms with Crippen molar-refractivity contribution in [1.29, 1.82) is 0 Å². The first kappa shape index (κ1) is 6.66. The van der Waals surface area contributed by atoms with Crippen molar-refractivity contribution in [2.24, 2.45) is 0 Å². The van der Waals surface area contributed by atoms with E-state index in [0.717, 1.165) is 21.9 Å². The first-order valence-corrected chi connectivity index (χ1v) is 4.16. The molecule has 3 rings (SSSR count). The van der Waals surface area contributed by atoms with Gasteiger partial charge in [-0.05, 0) is 0 Å². The van der Waals surface area contributed by atoms with Gasteiger partial charge in [0.1, 0.15) is 5.52 Å². The molecule has 3 aromatic rings. The summed E-state index contributed by atoms with van der Waals surface area (Å²) in [6.45, 7) is 0. The van der Waals surface area contributed by atoms with Gasteiger partial charge in [-0.1, -0.05) is 24.3 Å². The summed E-state index contributed by atoms with van der Waals surface area (Å²) in [7, 11) is 0. The maximum atomic E-state index is 5.37. The lowest BCUT2D eigenvalue weighted by molar-refractivity contribution is 0.619. The second kappa shape index (κ2) is 2.33. The number of pyridine rings is 1. The van der Waals surface area contributed by atoms with Crippen LogP contribution in [0, 0.1) is 0 Å². The highest BCUT2D eigenvalue weighted by molar-refractivity contribution is 6.01. The first-order valence-electron chi connectivity index (χ1n) is 4.16. The van der Waals surface area contributed by atoms with Crippen LogP contribution in [0.5, 0.6) is 0 Å². The molecule has 0 aliphatic carbocycles. The highest BCUT2D eigenvalue weighted by atomic mass is 16.3. The average Bonchev–Trinajstić information content (AvgIpc) is 2.65. The summed E-state index contributed by atoms with van der Waals surface area (Å²) in [6.07, 6.45) is 3.54. The van der Waals surface area contributed by atoms with Gasteiger partial charge in [0.15, 0.2) is 5.58 Å². The number of aromatic nitrogens is 1. The van der Waals surface area contributed by atoms with Gasteiger partial charge in [-0.2, -0.15) is 0 Å². The standard InChI is InChI=1S/C11H7NO/c1-2-4-9-8(3-1)7-12-10-5-6-13-11(9)10/h1-7H. The van der Waals surface area contributed by atoms with Crippen molar-refractivity contribution < 1.29 is 4.42 Å². The Morgan fingerprint density at radius 2 is 2.00 bits per heavy atom. The van der Waals surface area contributed by atoms with Crippen molar-refractivity contribution in [1.82, 2.24) is 4.98 Å². The molecule has 2 heteroatoms. The molecule has 0 amide bonds. The third-order valence-electron chi connectivity index (χ3n) is 2.19. The highest BCUT2D eigenvalue weighted by Gasteiger charge is 2.02. The Hall–Kier alpha value is -1.83. The molecule has 13 heavy (non-hydrogen) atoms. The van der Waals surface area contributed by atoms with E-state index in [2.05, 4.69) is 4.98 Å². The molecule has 0 aliphatic rings. The van der Waals surface area contributed by atoms with Gasteiger partial charge in [0, 0.05) is 23.0 Å². The van der Waals surface area contributed by atoms with Gasteiger partial charge in [-0.25, -0.2) is 0 Å². The molecule has 2 nitrogen and oxygen atoms in total. The molecule has 2 aromatic heterocycles. The minimum absolute atomic E-state index is 0.873. The van der Waals surface area contributed by atoms with Crippen molar-refractivity contribution in [3.05, 3.63) is 42.8 Å². The second-order valence-electron chi connectivity index (χ2n) is 2.98. The van der Waals surface area contributed by atoms with Gasteiger partial charge < -0.3 is 4.42 Å². The SMILES string of the molecule is c1ccc2c(c1)cnc1ccoc12. The summed E-state index contributed by atoms with van der Waals surface area (Å²) < 4.78 is 5.37. The summed E-state index contributed by atoms with van der Waals surface area (Å²) >= 11 is 0. The Morgan fingerprint density at radius 3 is 3.00 bits per heavy atom. The topological polar surface area (TPSA) is 26.0 Å². The fraction of sp³-hybridized carbons (Fsp3) is 0. The molecule has 0 unspecified atom stereocenters. The number of fused-ring (bicyclic) bond motifs is 3. The minimum atomic E-state index is 0.873. The molecule has 0 spiro atoms. The zero-order valence-corrected chi connectivity index (χ0v) is 6.90. The Labute approximate surface area is 74.8 Å². The monoisotopic (exact) mass is 169 g/mol. The molecule has 0 bridgehead atoms. The van der Waals surface area contributed by atoms with Gasteiger partial charge >= 0.3 is 0 Å². The Morgan fingerprint density at radius 1 is 1.08 bits per heavy atom. The number of hydrogen-bond acceptors (Lipinski definition) is 2. The van der Waals surface area contributed by atoms with Crippen LogP contribution >= 0.6 is 0 Å². The van der Waals surface area contributed by atoms with Crippen LogP contribution in [0.2, 0.25) is 0 Å². The molecular weight excluding hydrogens is 162 g/mol. The van der Waals surface area contributed by atoms with Gasteiger partial charge in [-0.15, -0.1) is 0 Å². The molecule has 62 valence electrons. The molecule has 0 aliphatic heterocycles. The molecule has 1 aromatic carbocycles. The summed E-state index contributed by atoms with van der Waals surface area (Å²) in [5.74, 6) is 0. The number of hydrogen-bond donors (Lipinski definition) is 0. The quantitative estimate of drug-likeness (QED) is 0.517. The average molecular weight is 169 g/mol. The first-order chi connectivity index (χ1) is 6.45. The molecule has 0 radical (unpaired) electrons. The van der Waals surface area contributed by atoms with E-state index in [-0.39, 0.29) is 0 Å². The van der Waals surface area contributed by atoms with Crippen LogP contribution in [-0.4, -0.2) is 4.98 Å². The number of benzene rings is 1. The van der Waals surface area contributed by atoms with Gasteiger partial charge in [-0.3, -0.25) is 4.98 Å². The number of furan rings is 1. The number of rotatable bonds is 0. The van der Waals surface area contributed by atoms with E-state index < -0.39 is 0 Å². The van der Waals surface area contributed by atoms with Crippen molar-refractivity contribution in [2.75, 3.05) is 0 Å². The van der Waals surface area contributed by atoms with Crippen molar-refractivity contribution >= 4 is 21.9 Å². The van der Waals surface area contributed by atoms with Gasteiger partial charge in [0.25, 0.3) is 0 Å². The molecule has 0 saturated carbocycles. The van der Waals surface area contributed by atoms with Crippen LogP contribution in [0.15, 0.2) is 47.2 Å². The second-order valence-corrected chi connectivity index (χ2v) is 2.98. The third kappa shape index (κ3) is 0.855. The van der Waals surface area contributed by atoms with Crippen LogP contribution < -0.4 is 0 Å². The number of nitrogens with zero attached hydrogens (tertiary/aromatic N) is 1. The van der Waals surface area contributed by atoms with E-state index in [1.165, 1.54) is 0 Å². The fourth-order valence-corrected chi connectivity index (χ4v) is 1.56. The van der Waals surface area contributed by atoms with E-state index in [0.29, 0.717) is 0 Å². The Bertz CT molecular complexity index is 568. The van der Waals surface area contributed by atoms with Crippen LogP contribution in [0.4, 0.5) is 0 Å². The lowest BCUT2D eigenvalue weighted by Crippen LogP contribution is -1.76. The maximum Gasteiger partial charge on any atom is 0.160 e. The van der Waals surface area contributed by atoms with Gasteiger partial charge in [0.2, 0.25) is 0 Å². The van der Waals surface area contributed by atoms with Crippen LogP contribution in [0.3, 0.4) is 0 Å². The molecule has 2 heterocycles. The summed E-state index contributed by atoms with van der Waals surface area (Å²) in [4.78, 5) is 4.28. The van der Waals surface area contributed by atoms with Crippen molar-refractivity contribution in [3.63, 3.8) is 0 Å². The maximum absolute atomic E-state index is 5.37. The Kier molecular flexibility index (Phi) is 1.19. The van der Waals surface area contributed by atoms with E-state index in [4.69, 9.17) is 4.42 Å². The normalized spacial score (nSPS) is 11.1. The molecular formula is C11H7NO. The minimum Gasteiger partial charge on any atom is -0.462 e. The van der Waals surface area contributed by atoms with Crippen molar-refractivity contribution in [2.45, 2.75) is 0 Å². The summed E-state index contributed by atoms with van der Waals surface area (Å²) in [5.41, 5.74) is 1.79. The van der Waals surface area contributed by atoms with E-state index >= 15 is 0 Å². The molecule has 0 saturated heterocycles. The van der Waals surface area contributed by atoms with E-state index in [1.54, 1.807) is 6.26 Å². The Balaban J connectivity index is 2.65. The molecule has 0 fully saturated rings. The highest BCUT2D eigenvalue weighted by Crippen LogP contribution is 2.23. The van der Waals surface area contributed by atoms with Crippen LogP contribution in [-0.2, 0) is 0 Å². The lowest BCUT2D eigenvalue weighted by atomic mass is 10.1. The van der Waals surface area contributed by atoms with Crippen LogP contribution in [0.25, 0.3) is 21.9 Å². The fourth-order valence-electron chi connectivity index (χ4n) is 1.56. The molecule has 0 N–H and O–H groups in total. The lowest BCUT2D eigenvalue weighted by Gasteiger charge is -1.95. The zero-order valence-electron chi connectivity index (χ0n) is 6.90. The predicted octanol–water partition coefficient (Wildman–Crippen LogP) is 2.98. The molecule has 0 atom stereocenters. The predicted molar refractivity (Wildman–Crippen MR) is 51.5 cm³/mol. The van der Waals surface area contributed by atoms with E-state index in [1.807, 2.05) is 36.5 Å². The van der Waals surface area contributed by atoms with E-state index in [9.17, 15) is 0 Å². The summed E-state index contributed by atoms with van der Waals surface area (Å²) in [6, 6.07) is 9.96. The van der Waals surface area contributed by atoms with Crippen LogP contribution in [0.1, 0.15) is 0 Å².